The van der Waals surface area contributed by atoms with Gasteiger partial charge in [0.15, 0.2) is 17.1 Å². The molecule has 0 aliphatic rings. The van der Waals surface area contributed by atoms with Gasteiger partial charge in [-0.25, -0.2) is 4.98 Å². The number of nitrogens with one attached hydrogen (secondary N) is 1. The number of unbranched alkanes of at least 4 members (excludes halogenated alkanes) is 1. The van der Waals surface area contributed by atoms with E-state index in [9.17, 15) is 4.79 Å². The third-order valence-electron chi connectivity index (χ3n) is 5.16. The summed E-state index contributed by atoms with van der Waals surface area (Å²) in [6.45, 7) is 2.79. The van der Waals surface area contributed by atoms with Crippen LogP contribution in [0, 0.1) is 0 Å². The van der Waals surface area contributed by atoms with Crippen molar-refractivity contribution in [1.29, 1.82) is 0 Å². The smallest absolute Gasteiger partial charge is 0.255 e. The molecule has 0 atom stereocenters. The number of nitrogens with zero attached hydrogens (tertiary/aromatic N) is 1. The minimum absolute atomic E-state index is 0.210. The van der Waals surface area contributed by atoms with Crippen molar-refractivity contribution in [2.24, 2.45) is 0 Å². The van der Waals surface area contributed by atoms with E-state index in [2.05, 4.69) is 17.2 Å². The Morgan fingerprint density at radius 3 is 2.48 bits per heavy atom. The zero-order chi connectivity index (χ0) is 23.2. The highest BCUT2D eigenvalue weighted by Crippen LogP contribution is 2.33. The van der Waals surface area contributed by atoms with E-state index in [-0.39, 0.29) is 5.91 Å². The molecule has 1 amide bonds. The highest BCUT2D eigenvalue weighted by atomic mass is 16.5. The van der Waals surface area contributed by atoms with Gasteiger partial charge in [-0.1, -0.05) is 13.3 Å². The van der Waals surface area contributed by atoms with Crippen LogP contribution in [0.25, 0.3) is 22.6 Å². The molecule has 0 unspecified atom stereocenters. The minimum atomic E-state index is -0.210. The van der Waals surface area contributed by atoms with E-state index in [1.54, 1.807) is 62.8 Å². The average molecular weight is 447 g/mol. The van der Waals surface area contributed by atoms with Gasteiger partial charge in [0.05, 0.1) is 20.8 Å². The average Bonchev–Trinajstić information content (AvgIpc) is 3.27. The molecule has 1 aromatic heterocycles. The van der Waals surface area contributed by atoms with Crippen LogP contribution in [0.15, 0.2) is 65.1 Å². The van der Waals surface area contributed by atoms with Gasteiger partial charge in [-0.05, 0) is 67.1 Å². The van der Waals surface area contributed by atoms with E-state index in [0.29, 0.717) is 46.3 Å². The summed E-state index contributed by atoms with van der Waals surface area (Å²) in [5.74, 6) is 2.22. The molecule has 7 nitrogen and oxygen atoms in total. The summed E-state index contributed by atoms with van der Waals surface area (Å²) in [4.78, 5) is 17.2. The van der Waals surface area contributed by atoms with Gasteiger partial charge in [-0.2, -0.15) is 0 Å². The number of hydrogen-bond donors (Lipinski definition) is 1. The Morgan fingerprint density at radius 1 is 0.970 bits per heavy atom. The molecule has 0 bridgehead atoms. The quantitative estimate of drug-likeness (QED) is 0.320. The number of carbonyl (C=O) groups excluding carboxylic acids is 1. The second kappa shape index (κ2) is 10.1. The van der Waals surface area contributed by atoms with Gasteiger partial charge < -0.3 is 23.9 Å². The van der Waals surface area contributed by atoms with Gasteiger partial charge >= 0.3 is 0 Å². The Labute approximate surface area is 192 Å². The second-order valence-electron chi connectivity index (χ2n) is 7.45. The second-order valence-corrected chi connectivity index (χ2v) is 7.45. The van der Waals surface area contributed by atoms with Crippen molar-refractivity contribution in [3.63, 3.8) is 0 Å². The van der Waals surface area contributed by atoms with E-state index in [1.165, 1.54) is 0 Å². The van der Waals surface area contributed by atoms with E-state index in [1.807, 2.05) is 12.1 Å². The van der Waals surface area contributed by atoms with Crippen molar-refractivity contribution < 1.29 is 23.4 Å². The number of oxazole rings is 1. The van der Waals surface area contributed by atoms with Crippen molar-refractivity contribution in [3.05, 3.63) is 66.2 Å². The van der Waals surface area contributed by atoms with Crippen molar-refractivity contribution >= 4 is 22.7 Å². The molecule has 0 spiro atoms. The van der Waals surface area contributed by atoms with Crippen molar-refractivity contribution in [1.82, 2.24) is 4.98 Å². The summed E-state index contributed by atoms with van der Waals surface area (Å²) in [5, 5.41) is 2.91. The molecule has 4 aromatic rings. The number of anilines is 1. The maximum Gasteiger partial charge on any atom is 0.255 e. The molecular formula is C26H26N2O5. The van der Waals surface area contributed by atoms with Crippen LogP contribution in [-0.4, -0.2) is 31.7 Å². The van der Waals surface area contributed by atoms with Crippen molar-refractivity contribution in [3.8, 4) is 28.7 Å². The van der Waals surface area contributed by atoms with Crippen LogP contribution < -0.4 is 19.5 Å². The fourth-order valence-corrected chi connectivity index (χ4v) is 3.34. The first kappa shape index (κ1) is 22.2. The fraction of sp³-hybridized carbons (Fsp3) is 0.231. The number of hydrogen-bond acceptors (Lipinski definition) is 6. The predicted molar refractivity (Wildman–Crippen MR) is 127 cm³/mol. The maximum atomic E-state index is 12.7. The molecule has 0 saturated carbocycles. The van der Waals surface area contributed by atoms with E-state index >= 15 is 0 Å². The first-order chi connectivity index (χ1) is 16.1. The molecular weight excluding hydrogens is 420 g/mol. The monoisotopic (exact) mass is 446 g/mol. The van der Waals surface area contributed by atoms with Gasteiger partial charge in [0.1, 0.15) is 11.3 Å². The molecule has 4 rings (SSSR count). The first-order valence-electron chi connectivity index (χ1n) is 10.8. The molecule has 1 heterocycles. The Morgan fingerprint density at radius 2 is 1.76 bits per heavy atom. The predicted octanol–water partition coefficient (Wildman–Crippen LogP) is 5.94. The number of fused-ring (bicyclic) bond motifs is 1. The number of amides is 1. The lowest BCUT2D eigenvalue weighted by Crippen LogP contribution is -2.11. The molecule has 0 fully saturated rings. The zero-order valence-corrected chi connectivity index (χ0v) is 18.9. The normalized spacial score (nSPS) is 10.8. The Hall–Kier alpha value is -4.00. The standard InChI is InChI=1S/C26H26N2O5/c1-4-5-14-32-20-10-6-17(7-11-20)25(29)27-19-9-13-22-21(16-19)28-26(33-22)18-8-12-23(30-2)24(15-18)31-3/h6-13,15-16H,4-5,14H2,1-3H3,(H,27,29). The van der Waals surface area contributed by atoms with Crippen molar-refractivity contribution in [2.45, 2.75) is 19.8 Å². The Kier molecular flexibility index (Phi) is 6.78. The summed E-state index contributed by atoms with van der Waals surface area (Å²) in [5.41, 5.74) is 3.19. The number of methoxy groups -OCH3 is 2. The maximum absolute atomic E-state index is 12.7. The number of ether oxygens (including phenoxy) is 3. The SMILES string of the molecule is CCCCOc1ccc(C(=O)Nc2ccc3oc(-c4ccc(OC)c(OC)c4)nc3c2)cc1. The lowest BCUT2D eigenvalue weighted by atomic mass is 10.2. The fourth-order valence-electron chi connectivity index (χ4n) is 3.34. The summed E-state index contributed by atoms with van der Waals surface area (Å²) in [7, 11) is 3.16. The molecule has 0 saturated heterocycles. The third-order valence-corrected chi connectivity index (χ3v) is 5.16. The molecule has 33 heavy (non-hydrogen) atoms. The first-order valence-corrected chi connectivity index (χ1v) is 10.8. The summed E-state index contributed by atoms with van der Waals surface area (Å²) >= 11 is 0. The van der Waals surface area contributed by atoms with Gasteiger partial charge in [0.25, 0.3) is 5.91 Å². The number of carbonyl (C=O) groups is 1. The topological polar surface area (TPSA) is 82.8 Å². The van der Waals surface area contributed by atoms with Crippen LogP contribution in [0.2, 0.25) is 0 Å². The van der Waals surface area contributed by atoms with Crippen molar-refractivity contribution in [2.75, 3.05) is 26.1 Å². The molecule has 3 aromatic carbocycles. The Balaban J connectivity index is 1.49. The lowest BCUT2D eigenvalue weighted by molar-refractivity contribution is 0.102. The van der Waals surface area contributed by atoms with E-state index < -0.39 is 0 Å². The van der Waals surface area contributed by atoms with Gasteiger partial charge in [-0.15, -0.1) is 0 Å². The van der Waals surface area contributed by atoms with E-state index in [4.69, 9.17) is 18.6 Å². The van der Waals surface area contributed by atoms with Gasteiger partial charge in [0, 0.05) is 16.8 Å². The van der Waals surface area contributed by atoms with Crippen LogP contribution in [-0.2, 0) is 0 Å². The summed E-state index contributed by atoms with van der Waals surface area (Å²) in [6.07, 6.45) is 2.08. The minimum Gasteiger partial charge on any atom is -0.494 e. The number of rotatable bonds is 9. The third kappa shape index (κ3) is 5.09. The Bertz CT molecular complexity index is 1250. The zero-order valence-electron chi connectivity index (χ0n) is 18.9. The summed E-state index contributed by atoms with van der Waals surface area (Å²) in [6, 6.07) is 17.9. The molecule has 0 radical (unpaired) electrons. The number of benzene rings is 3. The van der Waals surface area contributed by atoms with E-state index in [0.717, 1.165) is 24.2 Å². The largest absolute Gasteiger partial charge is 0.494 e. The molecule has 1 N–H and O–H groups in total. The van der Waals surface area contributed by atoms with Gasteiger partial charge in [0.2, 0.25) is 5.89 Å². The van der Waals surface area contributed by atoms with Crippen LogP contribution in [0.4, 0.5) is 5.69 Å². The van der Waals surface area contributed by atoms with Crippen LogP contribution in [0.5, 0.6) is 17.2 Å². The van der Waals surface area contributed by atoms with Gasteiger partial charge in [-0.3, -0.25) is 4.79 Å². The highest BCUT2D eigenvalue weighted by Gasteiger charge is 2.13. The van der Waals surface area contributed by atoms with Crippen LogP contribution in [0.3, 0.4) is 0 Å². The molecule has 170 valence electrons. The molecule has 0 aliphatic heterocycles. The van der Waals surface area contributed by atoms with Crippen LogP contribution in [0.1, 0.15) is 30.1 Å². The highest BCUT2D eigenvalue weighted by molar-refractivity contribution is 6.05. The molecule has 0 aliphatic carbocycles. The lowest BCUT2D eigenvalue weighted by Gasteiger charge is -2.07. The number of aromatic nitrogens is 1. The molecule has 7 heteroatoms. The van der Waals surface area contributed by atoms with Crippen LogP contribution >= 0.6 is 0 Å². The summed E-state index contributed by atoms with van der Waals surface area (Å²) < 4.78 is 22.2.